The lowest BCUT2D eigenvalue weighted by Crippen LogP contribution is -2.27. The van der Waals surface area contributed by atoms with Crippen LogP contribution in [0.4, 0.5) is 21.9 Å². The molecule has 2 amide bonds. The smallest absolute Gasteiger partial charge is 0.414 e. The lowest BCUT2D eigenvalue weighted by Gasteiger charge is -2.21. The Morgan fingerprint density at radius 3 is 2.49 bits per heavy atom. The number of amides is 2. The van der Waals surface area contributed by atoms with Crippen molar-refractivity contribution < 1.29 is 18.8 Å². The van der Waals surface area contributed by atoms with Gasteiger partial charge in [-0.05, 0) is 42.0 Å². The second-order valence-corrected chi connectivity index (χ2v) is 8.01. The molecule has 9 heteroatoms. The third-order valence-corrected chi connectivity index (χ3v) is 5.56. The number of rotatable bonds is 7. The molecule has 5 rings (SSSR count). The molecule has 176 valence electrons. The molecule has 0 saturated carbocycles. The number of carbonyl (C=O) groups is 2. The van der Waals surface area contributed by atoms with Gasteiger partial charge in [0, 0.05) is 29.5 Å². The molecule has 1 fully saturated rings. The van der Waals surface area contributed by atoms with Crippen molar-refractivity contribution in [3.8, 4) is 11.4 Å². The summed E-state index contributed by atoms with van der Waals surface area (Å²) in [5, 5.41) is 10.2. The molecule has 1 aliphatic rings. The van der Waals surface area contributed by atoms with E-state index in [4.69, 9.17) is 9.26 Å². The van der Waals surface area contributed by atoms with E-state index in [0.717, 1.165) is 22.5 Å². The predicted octanol–water partition coefficient (Wildman–Crippen LogP) is 4.79. The summed E-state index contributed by atoms with van der Waals surface area (Å²) in [6.45, 7) is 2.62. The predicted molar refractivity (Wildman–Crippen MR) is 131 cm³/mol. The summed E-state index contributed by atoms with van der Waals surface area (Å²) in [6, 6.07) is 23.4. The maximum absolute atomic E-state index is 13.4. The van der Waals surface area contributed by atoms with Crippen molar-refractivity contribution in [2.75, 3.05) is 28.7 Å². The maximum atomic E-state index is 13.4. The van der Waals surface area contributed by atoms with E-state index in [1.807, 2.05) is 66.7 Å². The molecule has 0 aliphatic carbocycles. The van der Waals surface area contributed by atoms with E-state index in [-0.39, 0.29) is 12.0 Å². The Labute approximate surface area is 201 Å². The van der Waals surface area contributed by atoms with E-state index in [1.165, 1.54) is 0 Å². The second-order valence-electron chi connectivity index (χ2n) is 8.01. The first-order valence-corrected chi connectivity index (χ1v) is 11.1. The van der Waals surface area contributed by atoms with Crippen LogP contribution >= 0.6 is 0 Å². The third-order valence-electron chi connectivity index (χ3n) is 5.56. The fourth-order valence-corrected chi connectivity index (χ4v) is 3.84. The molecule has 0 spiro atoms. The summed E-state index contributed by atoms with van der Waals surface area (Å²) in [4.78, 5) is 31.0. The van der Waals surface area contributed by atoms with Crippen LogP contribution in [0.2, 0.25) is 0 Å². The molecule has 2 heterocycles. The minimum Gasteiger partial charge on any atom is -0.447 e. The number of hydrogen-bond donors (Lipinski definition) is 2. The lowest BCUT2D eigenvalue weighted by molar-refractivity contribution is -0.117. The van der Waals surface area contributed by atoms with Gasteiger partial charge in [-0.2, -0.15) is 4.98 Å². The van der Waals surface area contributed by atoms with Crippen LogP contribution in [-0.4, -0.2) is 35.3 Å². The zero-order valence-electron chi connectivity index (χ0n) is 19.0. The second kappa shape index (κ2) is 9.68. The zero-order valence-corrected chi connectivity index (χ0v) is 19.0. The Morgan fingerprint density at radius 2 is 1.80 bits per heavy atom. The number of aryl methyl sites for hydroxylation is 1. The molecule has 1 atom stereocenters. The van der Waals surface area contributed by atoms with Crippen LogP contribution < -0.4 is 15.5 Å². The van der Waals surface area contributed by atoms with Crippen molar-refractivity contribution in [3.05, 3.63) is 90.3 Å². The SMILES string of the molecule is Cc1nc(-c2cccc(NC(=O)C(Nc3ccc(N4CCOC4=O)cc3)c3ccccc3)c2)no1. The Morgan fingerprint density at radius 1 is 1.00 bits per heavy atom. The fraction of sp³-hybridized carbons (Fsp3) is 0.154. The standard InChI is InChI=1S/C26H23N5O4/c1-17-27-24(30-35-17)19-8-5-9-21(16-19)29-25(32)23(18-6-3-2-4-7-18)28-20-10-12-22(13-11-20)31-14-15-34-26(31)33/h2-13,16,23,28H,14-15H2,1H3,(H,29,32). The Balaban J connectivity index is 1.36. The average Bonchev–Trinajstić information content (AvgIpc) is 3.51. The molecule has 1 unspecified atom stereocenters. The quantitative estimate of drug-likeness (QED) is 0.400. The first-order chi connectivity index (χ1) is 17.1. The first kappa shape index (κ1) is 22.1. The largest absolute Gasteiger partial charge is 0.447 e. The number of nitrogens with zero attached hydrogens (tertiary/aromatic N) is 3. The molecular formula is C26H23N5O4. The molecule has 1 aromatic heterocycles. The summed E-state index contributed by atoms with van der Waals surface area (Å²) in [7, 11) is 0. The van der Waals surface area contributed by atoms with E-state index < -0.39 is 6.04 Å². The highest BCUT2D eigenvalue weighted by Gasteiger charge is 2.24. The lowest BCUT2D eigenvalue weighted by atomic mass is 10.1. The molecule has 0 radical (unpaired) electrons. The van der Waals surface area contributed by atoms with Gasteiger partial charge >= 0.3 is 6.09 Å². The number of benzene rings is 3. The molecule has 2 N–H and O–H groups in total. The van der Waals surface area contributed by atoms with Gasteiger partial charge in [0.15, 0.2) is 0 Å². The van der Waals surface area contributed by atoms with Gasteiger partial charge in [-0.25, -0.2) is 4.79 Å². The molecule has 9 nitrogen and oxygen atoms in total. The summed E-state index contributed by atoms with van der Waals surface area (Å²) in [5.41, 5.74) is 3.64. The molecule has 1 saturated heterocycles. The van der Waals surface area contributed by atoms with Crippen molar-refractivity contribution in [2.45, 2.75) is 13.0 Å². The minimum absolute atomic E-state index is 0.232. The zero-order chi connectivity index (χ0) is 24.2. The van der Waals surface area contributed by atoms with Crippen LogP contribution in [0.5, 0.6) is 0 Å². The topological polar surface area (TPSA) is 110 Å². The first-order valence-electron chi connectivity index (χ1n) is 11.1. The van der Waals surface area contributed by atoms with Crippen molar-refractivity contribution in [1.29, 1.82) is 0 Å². The normalized spacial score (nSPS) is 13.9. The van der Waals surface area contributed by atoms with E-state index >= 15 is 0 Å². The summed E-state index contributed by atoms with van der Waals surface area (Å²) >= 11 is 0. The summed E-state index contributed by atoms with van der Waals surface area (Å²) in [6.07, 6.45) is -0.356. The highest BCUT2D eigenvalue weighted by molar-refractivity contribution is 5.98. The van der Waals surface area contributed by atoms with Gasteiger partial charge in [-0.1, -0.05) is 47.6 Å². The van der Waals surface area contributed by atoms with Crippen molar-refractivity contribution in [1.82, 2.24) is 10.1 Å². The molecular weight excluding hydrogens is 446 g/mol. The van der Waals surface area contributed by atoms with Crippen molar-refractivity contribution in [3.63, 3.8) is 0 Å². The van der Waals surface area contributed by atoms with Gasteiger partial charge in [-0.15, -0.1) is 0 Å². The van der Waals surface area contributed by atoms with E-state index in [9.17, 15) is 9.59 Å². The Kier molecular flexibility index (Phi) is 6.13. The van der Waals surface area contributed by atoms with Crippen LogP contribution in [0.15, 0.2) is 83.4 Å². The van der Waals surface area contributed by atoms with E-state index in [0.29, 0.717) is 30.6 Å². The highest BCUT2D eigenvalue weighted by Crippen LogP contribution is 2.26. The van der Waals surface area contributed by atoms with Gasteiger partial charge in [0.1, 0.15) is 12.6 Å². The van der Waals surface area contributed by atoms with E-state index in [1.54, 1.807) is 24.0 Å². The molecule has 35 heavy (non-hydrogen) atoms. The Hall–Kier alpha value is -4.66. The Bertz CT molecular complexity index is 1340. The van der Waals surface area contributed by atoms with Gasteiger partial charge in [-0.3, -0.25) is 9.69 Å². The van der Waals surface area contributed by atoms with Crippen LogP contribution in [0, 0.1) is 6.92 Å². The summed E-state index contributed by atoms with van der Waals surface area (Å²) < 4.78 is 10.1. The number of anilines is 3. The molecule has 1 aliphatic heterocycles. The maximum Gasteiger partial charge on any atom is 0.414 e. The van der Waals surface area contributed by atoms with E-state index in [2.05, 4.69) is 20.8 Å². The van der Waals surface area contributed by atoms with Crippen LogP contribution in [0.1, 0.15) is 17.5 Å². The van der Waals surface area contributed by atoms with Gasteiger partial charge in [0.05, 0.1) is 6.54 Å². The number of ether oxygens (including phenoxy) is 1. The third kappa shape index (κ3) is 4.98. The highest BCUT2D eigenvalue weighted by atomic mass is 16.6. The van der Waals surface area contributed by atoms with Crippen LogP contribution in [-0.2, 0) is 9.53 Å². The average molecular weight is 470 g/mol. The van der Waals surface area contributed by atoms with Crippen LogP contribution in [0.3, 0.4) is 0 Å². The number of cyclic esters (lactones) is 1. The van der Waals surface area contributed by atoms with Crippen molar-refractivity contribution in [2.24, 2.45) is 0 Å². The molecule has 0 bridgehead atoms. The number of aromatic nitrogens is 2. The van der Waals surface area contributed by atoms with Crippen molar-refractivity contribution >= 4 is 29.1 Å². The summed E-state index contributed by atoms with van der Waals surface area (Å²) in [5.74, 6) is 0.693. The molecule has 4 aromatic rings. The fourth-order valence-electron chi connectivity index (χ4n) is 3.84. The molecule has 3 aromatic carbocycles. The number of hydrogen-bond acceptors (Lipinski definition) is 7. The van der Waals surface area contributed by atoms with Gasteiger partial charge in [0.25, 0.3) is 5.91 Å². The number of nitrogens with one attached hydrogen (secondary N) is 2. The van der Waals surface area contributed by atoms with Crippen LogP contribution in [0.25, 0.3) is 11.4 Å². The minimum atomic E-state index is -0.658. The van der Waals surface area contributed by atoms with Gasteiger partial charge < -0.3 is 19.9 Å². The number of carbonyl (C=O) groups excluding carboxylic acids is 2. The van der Waals surface area contributed by atoms with Gasteiger partial charge in [0.2, 0.25) is 11.7 Å². The monoisotopic (exact) mass is 469 g/mol.